The quantitative estimate of drug-likeness (QED) is 0.454. The van der Waals surface area contributed by atoms with E-state index >= 15 is 0 Å². The smallest absolute Gasteiger partial charge is 0.234 e. The number of piperidine rings is 1. The number of amides is 1. The lowest BCUT2D eigenvalue weighted by Crippen LogP contribution is -2.42. The van der Waals surface area contributed by atoms with Crippen LogP contribution in [-0.4, -0.2) is 60.3 Å². The van der Waals surface area contributed by atoms with Gasteiger partial charge in [-0.05, 0) is 62.7 Å². The molecule has 0 bridgehead atoms. The first-order valence-corrected chi connectivity index (χ1v) is 11.5. The van der Waals surface area contributed by atoms with E-state index in [1.807, 2.05) is 31.2 Å². The van der Waals surface area contributed by atoms with E-state index in [9.17, 15) is 9.18 Å². The van der Waals surface area contributed by atoms with Crippen molar-refractivity contribution in [3.63, 3.8) is 0 Å². The van der Waals surface area contributed by atoms with Gasteiger partial charge in [-0.2, -0.15) is 4.98 Å². The lowest BCUT2D eigenvalue weighted by Gasteiger charge is -2.30. The van der Waals surface area contributed by atoms with Crippen LogP contribution in [0.3, 0.4) is 0 Å². The Bertz CT molecular complexity index is 1070. The van der Waals surface area contributed by atoms with Crippen molar-refractivity contribution in [2.75, 3.05) is 39.4 Å². The highest BCUT2D eigenvalue weighted by atomic mass is 19.1. The van der Waals surface area contributed by atoms with Gasteiger partial charge in [0.1, 0.15) is 23.9 Å². The number of carbonyl (C=O) groups excluding carboxylic acids is 1. The number of ether oxygens (including phenoxy) is 2. The molecule has 0 aliphatic carbocycles. The standard InChI is InChI=1S/C25H29FN4O4/c1-2-32-21-8-10-22(11-9-21)33-14-12-27-23(31)17-30-13-4-6-19(16-30)25-28-24(29-34-25)18-5-3-7-20(26)15-18/h3,5,7-11,15,19H,2,4,6,12-14,16-17H2,1H3,(H,27,31). The molecule has 1 aromatic heterocycles. The molecule has 0 radical (unpaired) electrons. The minimum absolute atomic E-state index is 0.0411. The summed E-state index contributed by atoms with van der Waals surface area (Å²) in [4.78, 5) is 18.9. The van der Waals surface area contributed by atoms with Crippen LogP contribution >= 0.6 is 0 Å². The van der Waals surface area contributed by atoms with Crippen molar-refractivity contribution in [1.29, 1.82) is 0 Å². The summed E-state index contributed by atoms with van der Waals surface area (Å²) in [6, 6.07) is 13.5. The maximum Gasteiger partial charge on any atom is 0.234 e. The first-order chi connectivity index (χ1) is 16.6. The molecule has 180 valence electrons. The monoisotopic (exact) mass is 468 g/mol. The maximum absolute atomic E-state index is 13.5. The van der Waals surface area contributed by atoms with Crippen LogP contribution in [0, 0.1) is 5.82 Å². The zero-order chi connectivity index (χ0) is 23.8. The molecular formula is C25H29FN4O4. The Morgan fingerprint density at radius 3 is 2.76 bits per heavy atom. The number of likely N-dealkylation sites (tertiary alicyclic amines) is 1. The normalized spacial score (nSPS) is 16.2. The number of hydrogen-bond donors (Lipinski definition) is 1. The van der Waals surface area contributed by atoms with Crippen LogP contribution in [0.25, 0.3) is 11.4 Å². The molecule has 2 heterocycles. The molecule has 1 amide bonds. The summed E-state index contributed by atoms with van der Waals surface area (Å²) >= 11 is 0. The molecule has 1 N–H and O–H groups in total. The average Bonchev–Trinajstić information content (AvgIpc) is 3.34. The van der Waals surface area contributed by atoms with Gasteiger partial charge in [0.2, 0.25) is 17.6 Å². The third-order valence-electron chi connectivity index (χ3n) is 5.57. The van der Waals surface area contributed by atoms with Gasteiger partial charge in [-0.15, -0.1) is 0 Å². The van der Waals surface area contributed by atoms with Crippen molar-refractivity contribution in [3.05, 3.63) is 60.2 Å². The number of hydrogen-bond acceptors (Lipinski definition) is 7. The molecule has 8 nitrogen and oxygen atoms in total. The van der Waals surface area contributed by atoms with E-state index in [0.717, 1.165) is 30.9 Å². The molecule has 0 saturated carbocycles. The van der Waals surface area contributed by atoms with Crippen LogP contribution in [-0.2, 0) is 4.79 Å². The Balaban J connectivity index is 1.20. The number of halogens is 1. The van der Waals surface area contributed by atoms with Crippen molar-refractivity contribution < 1.29 is 23.2 Å². The van der Waals surface area contributed by atoms with E-state index in [1.54, 1.807) is 12.1 Å². The molecule has 3 aromatic rings. The molecule has 1 fully saturated rings. The van der Waals surface area contributed by atoms with Gasteiger partial charge in [-0.1, -0.05) is 17.3 Å². The number of nitrogens with one attached hydrogen (secondary N) is 1. The zero-order valence-electron chi connectivity index (χ0n) is 19.2. The fourth-order valence-corrected chi connectivity index (χ4v) is 3.96. The first-order valence-electron chi connectivity index (χ1n) is 11.5. The fourth-order valence-electron chi connectivity index (χ4n) is 3.96. The van der Waals surface area contributed by atoms with E-state index in [4.69, 9.17) is 14.0 Å². The highest BCUT2D eigenvalue weighted by Crippen LogP contribution is 2.27. The van der Waals surface area contributed by atoms with Gasteiger partial charge in [0.25, 0.3) is 0 Å². The first kappa shape index (κ1) is 23.7. The van der Waals surface area contributed by atoms with Crippen LogP contribution in [0.5, 0.6) is 11.5 Å². The summed E-state index contributed by atoms with van der Waals surface area (Å²) < 4.78 is 30.0. The molecule has 1 saturated heterocycles. The molecule has 34 heavy (non-hydrogen) atoms. The summed E-state index contributed by atoms with van der Waals surface area (Å²) in [5.74, 6) is 2.07. The Hall–Kier alpha value is -3.46. The largest absolute Gasteiger partial charge is 0.494 e. The molecule has 0 spiro atoms. The van der Waals surface area contributed by atoms with Gasteiger partial charge in [0.05, 0.1) is 25.6 Å². The van der Waals surface area contributed by atoms with Crippen LogP contribution in [0.15, 0.2) is 53.1 Å². The van der Waals surface area contributed by atoms with Gasteiger partial charge in [-0.25, -0.2) is 4.39 Å². The molecule has 4 rings (SSSR count). The average molecular weight is 469 g/mol. The number of aromatic nitrogens is 2. The third kappa shape index (κ3) is 6.54. The van der Waals surface area contributed by atoms with Crippen molar-refractivity contribution in [1.82, 2.24) is 20.4 Å². The summed E-state index contributed by atoms with van der Waals surface area (Å²) in [7, 11) is 0. The predicted octanol–water partition coefficient (Wildman–Crippen LogP) is 3.65. The molecular weight excluding hydrogens is 439 g/mol. The summed E-state index contributed by atoms with van der Waals surface area (Å²) in [6.07, 6.45) is 1.83. The Morgan fingerprint density at radius 1 is 1.21 bits per heavy atom. The van der Waals surface area contributed by atoms with Gasteiger partial charge in [0, 0.05) is 12.1 Å². The Morgan fingerprint density at radius 2 is 2.00 bits per heavy atom. The number of benzene rings is 2. The van der Waals surface area contributed by atoms with Crippen LogP contribution in [0.2, 0.25) is 0 Å². The summed E-state index contributed by atoms with van der Waals surface area (Å²) in [5, 5.41) is 6.91. The van der Waals surface area contributed by atoms with E-state index in [0.29, 0.717) is 50.1 Å². The molecule has 1 aliphatic rings. The van der Waals surface area contributed by atoms with Crippen molar-refractivity contribution in [3.8, 4) is 22.9 Å². The predicted molar refractivity (Wildman–Crippen MR) is 124 cm³/mol. The summed E-state index contributed by atoms with van der Waals surface area (Å²) in [5.41, 5.74) is 0.578. The number of carbonyl (C=O) groups is 1. The number of rotatable bonds is 10. The molecule has 9 heteroatoms. The van der Waals surface area contributed by atoms with Crippen LogP contribution < -0.4 is 14.8 Å². The second-order valence-corrected chi connectivity index (χ2v) is 8.14. The SMILES string of the molecule is CCOc1ccc(OCCNC(=O)CN2CCCC(c3nc(-c4cccc(F)c4)no3)C2)cc1. The van der Waals surface area contributed by atoms with Gasteiger partial charge in [-0.3, -0.25) is 9.69 Å². The molecule has 1 unspecified atom stereocenters. The zero-order valence-corrected chi connectivity index (χ0v) is 19.2. The molecule has 1 aliphatic heterocycles. The fraction of sp³-hybridized carbons (Fsp3) is 0.400. The highest BCUT2D eigenvalue weighted by Gasteiger charge is 2.27. The highest BCUT2D eigenvalue weighted by molar-refractivity contribution is 5.78. The third-order valence-corrected chi connectivity index (χ3v) is 5.57. The van der Waals surface area contributed by atoms with Crippen molar-refractivity contribution in [2.24, 2.45) is 0 Å². The van der Waals surface area contributed by atoms with Gasteiger partial charge in [0.15, 0.2) is 0 Å². The van der Waals surface area contributed by atoms with Crippen molar-refractivity contribution in [2.45, 2.75) is 25.7 Å². The lowest BCUT2D eigenvalue weighted by molar-refractivity contribution is -0.122. The second kappa shape index (κ2) is 11.6. The minimum Gasteiger partial charge on any atom is -0.494 e. The second-order valence-electron chi connectivity index (χ2n) is 8.14. The molecule has 2 aromatic carbocycles. The Kier molecular flexibility index (Phi) is 8.08. The summed E-state index contributed by atoms with van der Waals surface area (Å²) in [6.45, 7) is 5.14. The van der Waals surface area contributed by atoms with E-state index < -0.39 is 0 Å². The Labute approximate surface area is 198 Å². The van der Waals surface area contributed by atoms with Crippen LogP contribution in [0.4, 0.5) is 4.39 Å². The maximum atomic E-state index is 13.5. The topological polar surface area (TPSA) is 89.7 Å². The van der Waals surface area contributed by atoms with Crippen molar-refractivity contribution >= 4 is 5.91 Å². The van der Waals surface area contributed by atoms with E-state index in [2.05, 4.69) is 20.4 Å². The van der Waals surface area contributed by atoms with Crippen LogP contribution in [0.1, 0.15) is 31.6 Å². The van der Waals surface area contributed by atoms with E-state index in [-0.39, 0.29) is 17.6 Å². The minimum atomic E-state index is -0.344. The molecule has 1 atom stereocenters. The van der Waals surface area contributed by atoms with E-state index in [1.165, 1.54) is 12.1 Å². The van der Waals surface area contributed by atoms with Gasteiger partial charge < -0.3 is 19.3 Å². The van der Waals surface area contributed by atoms with Gasteiger partial charge >= 0.3 is 0 Å². The number of nitrogens with zero attached hydrogens (tertiary/aromatic N) is 3. The lowest BCUT2D eigenvalue weighted by atomic mass is 9.98.